The first kappa shape index (κ1) is 31.2. The van der Waals surface area contributed by atoms with Crippen LogP contribution in [0.5, 0.6) is 5.75 Å². The molecule has 0 spiro atoms. The highest BCUT2D eigenvalue weighted by molar-refractivity contribution is 6.07. The van der Waals surface area contributed by atoms with Crippen LogP contribution in [0.2, 0.25) is 0 Å². The molecule has 1 aliphatic heterocycles. The molecule has 2 aromatic carbocycles. The summed E-state index contributed by atoms with van der Waals surface area (Å²) < 4.78 is 19.0. The van der Waals surface area contributed by atoms with Crippen LogP contribution in [-0.4, -0.2) is 76.7 Å². The fraction of sp³-hybridized carbons (Fsp3) is 0.387. The highest BCUT2D eigenvalue weighted by Gasteiger charge is 2.26. The molecule has 0 aliphatic carbocycles. The van der Waals surface area contributed by atoms with Crippen LogP contribution in [0.3, 0.4) is 0 Å². The number of carbonyl (C=O) groups is 3. The number of aromatic nitrogens is 2. The second-order valence-electron chi connectivity index (χ2n) is 10.1. The zero-order valence-corrected chi connectivity index (χ0v) is 24.6. The maximum Gasteiger partial charge on any atom is 0.415 e. The molecule has 12 heteroatoms. The molecule has 1 aromatic heterocycles. The first-order valence-electron chi connectivity index (χ1n) is 14.5. The number of nitrogens with zero attached hydrogens (tertiary/aromatic N) is 5. The number of hydrogen-bond acceptors (Lipinski definition) is 8. The largest absolute Gasteiger partial charge is 0.480 e. The van der Waals surface area contributed by atoms with Crippen molar-refractivity contribution >= 4 is 35.4 Å². The van der Waals surface area contributed by atoms with Gasteiger partial charge in [-0.05, 0) is 75.6 Å². The van der Waals surface area contributed by atoms with Gasteiger partial charge < -0.3 is 29.9 Å². The van der Waals surface area contributed by atoms with Gasteiger partial charge in [0.1, 0.15) is 23.3 Å². The van der Waals surface area contributed by atoms with E-state index in [0.29, 0.717) is 49.1 Å². The van der Waals surface area contributed by atoms with Crippen LogP contribution in [0.25, 0.3) is 0 Å². The maximum absolute atomic E-state index is 13.5. The predicted molar refractivity (Wildman–Crippen MR) is 161 cm³/mol. The van der Waals surface area contributed by atoms with Gasteiger partial charge in [0, 0.05) is 44.7 Å². The molecular weight excluding hydrogens is 555 g/mol. The van der Waals surface area contributed by atoms with E-state index in [1.165, 1.54) is 35.4 Å². The number of nitrogens with one attached hydrogen (secondary N) is 1. The number of halogens is 1. The molecule has 3 aromatic rings. The summed E-state index contributed by atoms with van der Waals surface area (Å²) in [6.45, 7) is 8.51. The molecule has 2 heterocycles. The quantitative estimate of drug-likeness (QED) is 0.304. The summed E-state index contributed by atoms with van der Waals surface area (Å²) in [5.41, 5.74) is 1.25. The Kier molecular flexibility index (Phi) is 10.5. The van der Waals surface area contributed by atoms with Crippen molar-refractivity contribution in [1.29, 1.82) is 0 Å². The molecule has 1 fully saturated rings. The fourth-order valence-corrected chi connectivity index (χ4v) is 4.86. The van der Waals surface area contributed by atoms with Gasteiger partial charge in [-0.3, -0.25) is 4.79 Å². The van der Waals surface area contributed by atoms with Crippen molar-refractivity contribution in [2.45, 2.75) is 46.1 Å². The lowest BCUT2D eigenvalue weighted by molar-refractivity contribution is -0.137. The van der Waals surface area contributed by atoms with Crippen LogP contribution in [-0.2, 0) is 11.2 Å². The molecule has 0 radical (unpaired) electrons. The van der Waals surface area contributed by atoms with Crippen LogP contribution in [0.4, 0.5) is 26.6 Å². The lowest BCUT2D eigenvalue weighted by atomic mass is 10.1. The molecule has 0 saturated carbocycles. The minimum absolute atomic E-state index is 0.0811. The minimum Gasteiger partial charge on any atom is -0.480 e. The Labute approximate surface area is 250 Å². The SMILES string of the molecule is CCN(CC)c1ncc(N(CC)C(=O)c2ccc(F)cc2)c(N[C@@H](Cc2ccc(OC(=O)N3CCCC3)cc2)C(=O)O)n1. The van der Waals surface area contributed by atoms with E-state index in [2.05, 4.69) is 15.3 Å². The fourth-order valence-electron chi connectivity index (χ4n) is 4.86. The van der Waals surface area contributed by atoms with Crippen molar-refractivity contribution in [3.05, 3.63) is 71.7 Å². The summed E-state index contributed by atoms with van der Waals surface area (Å²) in [7, 11) is 0. The van der Waals surface area contributed by atoms with Gasteiger partial charge in [0.15, 0.2) is 5.82 Å². The molecule has 228 valence electrons. The van der Waals surface area contributed by atoms with Crippen molar-refractivity contribution in [2.24, 2.45) is 0 Å². The van der Waals surface area contributed by atoms with E-state index >= 15 is 0 Å². The van der Waals surface area contributed by atoms with Gasteiger partial charge in [-0.1, -0.05) is 12.1 Å². The van der Waals surface area contributed by atoms with Gasteiger partial charge >= 0.3 is 12.1 Å². The monoisotopic (exact) mass is 592 g/mol. The first-order chi connectivity index (χ1) is 20.7. The molecular formula is C31H37FN6O5. The van der Waals surface area contributed by atoms with E-state index in [-0.39, 0.29) is 24.3 Å². The number of carboxylic acids is 1. The lowest BCUT2D eigenvalue weighted by Gasteiger charge is -2.27. The Morgan fingerprint density at radius 1 is 1.00 bits per heavy atom. The Bertz CT molecular complexity index is 1410. The van der Waals surface area contributed by atoms with Gasteiger partial charge in [-0.25, -0.2) is 19.0 Å². The van der Waals surface area contributed by atoms with E-state index in [4.69, 9.17) is 4.74 Å². The van der Waals surface area contributed by atoms with Crippen molar-refractivity contribution in [1.82, 2.24) is 14.9 Å². The third kappa shape index (κ3) is 7.76. The molecule has 43 heavy (non-hydrogen) atoms. The number of anilines is 3. The number of ether oxygens (including phenoxy) is 1. The van der Waals surface area contributed by atoms with Crippen LogP contribution < -0.4 is 19.9 Å². The number of carbonyl (C=O) groups excluding carboxylic acids is 2. The van der Waals surface area contributed by atoms with E-state index in [9.17, 15) is 23.9 Å². The van der Waals surface area contributed by atoms with Crippen LogP contribution in [0, 0.1) is 5.82 Å². The maximum atomic E-state index is 13.5. The topological polar surface area (TPSA) is 128 Å². The van der Waals surface area contributed by atoms with Crippen LogP contribution in [0.15, 0.2) is 54.7 Å². The summed E-state index contributed by atoms with van der Waals surface area (Å²) in [5.74, 6) is -1.05. The molecule has 1 atom stereocenters. The molecule has 2 amide bonds. The Balaban J connectivity index is 1.59. The standard InChI is InChI=1S/C31H37FN6O5/c1-4-36(5-2)30-33-20-26(38(6-3)28(39)22-11-13-23(32)14-12-22)27(35-30)34-25(29(40)41)19-21-9-15-24(16-10-21)43-31(42)37-17-7-8-18-37/h9-16,20,25H,4-8,17-19H2,1-3H3,(H,40,41)(H,33,34,35)/t25-/m0/s1. The van der Waals surface area contributed by atoms with Crippen molar-refractivity contribution in [2.75, 3.05) is 47.8 Å². The molecule has 11 nitrogen and oxygen atoms in total. The second-order valence-corrected chi connectivity index (χ2v) is 10.1. The highest BCUT2D eigenvalue weighted by atomic mass is 19.1. The molecule has 1 aliphatic rings. The summed E-state index contributed by atoms with van der Waals surface area (Å²) in [5, 5.41) is 13.2. The number of hydrogen-bond donors (Lipinski definition) is 2. The number of rotatable bonds is 12. The van der Waals surface area contributed by atoms with Crippen LogP contribution in [0.1, 0.15) is 49.5 Å². The number of benzene rings is 2. The average Bonchev–Trinajstić information content (AvgIpc) is 3.55. The highest BCUT2D eigenvalue weighted by Crippen LogP contribution is 2.28. The van der Waals surface area contributed by atoms with Gasteiger partial charge in [0.05, 0.1) is 6.20 Å². The van der Waals surface area contributed by atoms with E-state index in [1.54, 1.807) is 36.1 Å². The predicted octanol–water partition coefficient (Wildman–Crippen LogP) is 4.83. The molecule has 0 bridgehead atoms. The molecule has 0 unspecified atom stereocenters. The minimum atomic E-state index is -1.12. The zero-order chi connectivity index (χ0) is 30.9. The van der Waals surface area contributed by atoms with Crippen molar-refractivity contribution in [3.63, 3.8) is 0 Å². The summed E-state index contributed by atoms with van der Waals surface area (Å²) >= 11 is 0. The zero-order valence-electron chi connectivity index (χ0n) is 24.6. The van der Waals surface area contributed by atoms with Crippen molar-refractivity contribution < 1.29 is 28.6 Å². The normalized spacial score (nSPS) is 13.3. The Morgan fingerprint density at radius 2 is 1.65 bits per heavy atom. The molecule has 1 saturated heterocycles. The van der Waals surface area contributed by atoms with E-state index < -0.39 is 29.8 Å². The van der Waals surface area contributed by atoms with Crippen molar-refractivity contribution in [3.8, 4) is 5.75 Å². The van der Waals surface area contributed by atoms with Gasteiger partial charge in [-0.15, -0.1) is 0 Å². The average molecular weight is 593 g/mol. The molecule has 4 rings (SSSR count). The number of amides is 2. The first-order valence-corrected chi connectivity index (χ1v) is 14.5. The number of carboxylic acid groups (broad SMARTS) is 1. The third-order valence-electron chi connectivity index (χ3n) is 7.29. The Hall–Kier alpha value is -4.74. The third-order valence-corrected chi connectivity index (χ3v) is 7.29. The number of likely N-dealkylation sites (tertiary alicyclic amines) is 1. The molecule has 2 N–H and O–H groups in total. The lowest BCUT2D eigenvalue weighted by Crippen LogP contribution is -2.36. The van der Waals surface area contributed by atoms with E-state index in [0.717, 1.165) is 12.8 Å². The summed E-state index contributed by atoms with van der Waals surface area (Å²) in [6.07, 6.45) is 3.09. The Morgan fingerprint density at radius 3 is 2.23 bits per heavy atom. The number of aliphatic carboxylic acids is 1. The van der Waals surface area contributed by atoms with Gasteiger partial charge in [-0.2, -0.15) is 4.98 Å². The smallest absolute Gasteiger partial charge is 0.415 e. The van der Waals surface area contributed by atoms with Gasteiger partial charge in [0.25, 0.3) is 5.91 Å². The van der Waals surface area contributed by atoms with E-state index in [1.807, 2.05) is 18.7 Å². The van der Waals surface area contributed by atoms with Crippen LogP contribution >= 0.6 is 0 Å². The summed E-state index contributed by atoms with van der Waals surface area (Å²) in [6, 6.07) is 10.8. The summed E-state index contributed by atoms with van der Waals surface area (Å²) in [4.78, 5) is 52.3. The second kappa shape index (κ2) is 14.4. The van der Waals surface area contributed by atoms with Gasteiger partial charge in [0.2, 0.25) is 5.95 Å².